The van der Waals surface area contributed by atoms with Crippen molar-refractivity contribution in [1.82, 2.24) is 0 Å². The van der Waals surface area contributed by atoms with Crippen molar-refractivity contribution in [2.75, 3.05) is 11.5 Å². The number of anilines is 1. The number of nitrogens with zero attached hydrogens (tertiary/aromatic N) is 1. The second-order valence-corrected chi connectivity index (χ2v) is 9.49. The van der Waals surface area contributed by atoms with Gasteiger partial charge in [0.25, 0.3) is 0 Å². The van der Waals surface area contributed by atoms with Crippen LogP contribution in [0.4, 0.5) is 5.69 Å². The van der Waals surface area contributed by atoms with E-state index < -0.39 is 5.97 Å². The van der Waals surface area contributed by atoms with E-state index in [0.717, 1.165) is 6.42 Å². The molecule has 0 aromatic heterocycles. The van der Waals surface area contributed by atoms with Gasteiger partial charge in [0, 0.05) is 12.5 Å². The first-order valence-corrected chi connectivity index (χ1v) is 11.5. The predicted octanol–water partition coefficient (Wildman–Crippen LogP) is 3.43. The summed E-state index contributed by atoms with van der Waals surface area (Å²) in [5, 5.41) is 0. The highest BCUT2D eigenvalue weighted by atomic mass is 16.5. The minimum Gasteiger partial charge on any atom is -0.485 e. The highest BCUT2D eigenvalue weighted by molar-refractivity contribution is 6.22. The van der Waals surface area contributed by atoms with Crippen LogP contribution in [-0.4, -0.2) is 30.2 Å². The van der Waals surface area contributed by atoms with E-state index in [-0.39, 0.29) is 47.9 Å². The third-order valence-electron chi connectivity index (χ3n) is 7.57. The smallest absolute Gasteiger partial charge is 0.308 e. The molecule has 3 fully saturated rings. The SMILES string of the molecule is CC(=O)Oc1ccc(C(=O)COc2ccc(N3C(=O)[C@@H]4[C@H](C3=O)C3C=C[C@H]4C4C[C@@H]34)cc2)cc1. The lowest BCUT2D eigenvalue weighted by atomic mass is 9.63. The fraction of sp³-hybridized carbons (Fsp3) is 0.333. The Morgan fingerprint density at radius 3 is 1.97 bits per heavy atom. The lowest BCUT2D eigenvalue weighted by Gasteiger charge is -2.37. The zero-order valence-electron chi connectivity index (χ0n) is 18.5. The summed E-state index contributed by atoms with van der Waals surface area (Å²) < 4.78 is 10.6. The number of ether oxygens (including phenoxy) is 2. The summed E-state index contributed by atoms with van der Waals surface area (Å²) in [6, 6.07) is 13.0. The molecule has 7 heteroatoms. The monoisotopic (exact) mass is 457 g/mol. The molecule has 1 heterocycles. The standard InChI is InChI=1S/C27H23NO6/c1-14(29)34-18-6-2-15(3-7-18)23(30)13-33-17-8-4-16(5-9-17)28-26(31)24-19-10-11-20(22-12-21(19)22)25(24)27(28)32/h2-11,19-22,24-25H,12-13H2,1H3/t19-,20?,21?,22-,24-,25+/m0/s1. The maximum Gasteiger partial charge on any atom is 0.308 e. The van der Waals surface area contributed by atoms with Crippen molar-refractivity contribution in [1.29, 1.82) is 0 Å². The molecule has 7 nitrogen and oxygen atoms in total. The number of esters is 1. The van der Waals surface area contributed by atoms with Crippen molar-refractivity contribution in [3.05, 3.63) is 66.2 Å². The number of carbonyl (C=O) groups is 4. The molecule has 2 aromatic rings. The molecule has 2 bridgehead atoms. The van der Waals surface area contributed by atoms with E-state index in [9.17, 15) is 19.2 Å². The van der Waals surface area contributed by atoms with Gasteiger partial charge in [-0.05, 0) is 78.6 Å². The Labute approximate surface area is 196 Å². The Bertz CT molecular complexity index is 1190. The van der Waals surface area contributed by atoms with Crippen molar-refractivity contribution in [2.45, 2.75) is 13.3 Å². The normalized spacial score (nSPS) is 30.1. The van der Waals surface area contributed by atoms with E-state index >= 15 is 0 Å². The molecule has 172 valence electrons. The Hall–Kier alpha value is -3.74. The summed E-state index contributed by atoms with van der Waals surface area (Å²) in [6.07, 6.45) is 5.45. The van der Waals surface area contributed by atoms with Crippen LogP contribution in [0.3, 0.4) is 0 Å². The third-order valence-corrected chi connectivity index (χ3v) is 7.57. The first-order valence-electron chi connectivity index (χ1n) is 11.5. The fourth-order valence-electron chi connectivity index (χ4n) is 6.01. The quantitative estimate of drug-likeness (QED) is 0.217. The molecule has 0 spiro atoms. The summed E-state index contributed by atoms with van der Waals surface area (Å²) in [6.45, 7) is 1.14. The van der Waals surface area contributed by atoms with Gasteiger partial charge < -0.3 is 9.47 Å². The number of Topliss-reactive ketones (excluding diaryl/α,β-unsaturated/α-hetero) is 1. The van der Waals surface area contributed by atoms with Gasteiger partial charge in [-0.2, -0.15) is 0 Å². The number of imide groups is 1. The summed E-state index contributed by atoms with van der Waals surface area (Å²) in [7, 11) is 0. The zero-order valence-corrected chi connectivity index (χ0v) is 18.5. The second-order valence-electron chi connectivity index (χ2n) is 9.49. The Balaban J connectivity index is 1.11. The summed E-state index contributed by atoms with van der Waals surface area (Å²) in [5.74, 6) is 1.05. The van der Waals surface area contributed by atoms with E-state index in [0.29, 0.717) is 34.6 Å². The molecule has 6 atom stereocenters. The number of amides is 2. The lowest BCUT2D eigenvalue weighted by molar-refractivity contribution is -0.132. The topological polar surface area (TPSA) is 90.0 Å². The van der Waals surface area contributed by atoms with Crippen molar-refractivity contribution >= 4 is 29.3 Å². The van der Waals surface area contributed by atoms with E-state index in [2.05, 4.69) is 12.2 Å². The van der Waals surface area contributed by atoms with Gasteiger partial charge in [0.05, 0.1) is 17.5 Å². The van der Waals surface area contributed by atoms with Gasteiger partial charge >= 0.3 is 5.97 Å². The van der Waals surface area contributed by atoms with E-state index in [1.165, 1.54) is 11.8 Å². The maximum atomic E-state index is 13.2. The number of rotatable bonds is 6. The van der Waals surface area contributed by atoms with Gasteiger partial charge in [-0.25, -0.2) is 0 Å². The van der Waals surface area contributed by atoms with Gasteiger partial charge in [0.15, 0.2) is 12.4 Å². The number of hydrogen-bond acceptors (Lipinski definition) is 6. The van der Waals surface area contributed by atoms with Crippen LogP contribution in [0.5, 0.6) is 11.5 Å². The number of benzene rings is 2. The van der Waals surface area contributed by atoms with Gasteiger partial charge in [-0.15, -0.1) is 0 Å². The van der Waals surface area contributed by atoms with Crippen LogP contribution in [0, 0.1) is 35.5 Å². The van der Waals surface area contributed by atoms with Crippen LogP contribution in [0.1, 0.15) is 23.7 Å². The minimum absolute atomic E-state index is 0.0965. The largest absolute Gasteiger partial charge is 0.485 e. The summed E-state index contributed by atoms with van der Waals surface area (Å²) in [5.41, 5.74) is 0.974. The molecule has 2 aromatic carbocycles. The summed E-state index contributed by atoms with van der Waals surface area (Å²) in [4.78, 5) is 51.2. The van der Waals surface area contributed by atoms with Gasteiger partial charge in [-0.1, -0.05) is 12.2 Å². The van der Waals surface area contributed by atoms with Crippen molar-refractivity contribution < 1.29 is 28.7 Å². The highest BCUT2D eigenvalue weighted by Crippen LogP contribution is 2.65. The number of hydrogen-bond donors (Lipinski definition) is 0. The predicted molar refractivity (Wildman–Crippen MR) is 121 cm³/mol. The maximum absolute atomic E-state index is 13.2. The molecule has 5 aliphatic rings. The Morgan fingerprint density at radius 1 is 0.853 bits per heavy atom. The molecule has 2 unspecified atom stereocenters. The first kappa shape index (κ1) is 20.8. The fourth-order valence-corrected chi connectivity index (χ4v) is 6.01. The van der Waals surface area contributed by atoms with Gasteiger partial charge in [0.2, 0.25) is 11.8 Å². The van der Waals surface area contributed by atoms with E-state index in [4.69, 9.17) is 9.47 Å². The van der Waals surface area contributed by atoms with Gasteiger partial charge in [-0.3, -0.25) is 24.1 Å². The number of ketones is 1. The molecular formula is C27H23NO6. The van der Waals surface area contributed by atoms with Crippen LogP contribution in [-0.2, 0) is 14.4 Å². The number of carbonyl (C=O) groups excluding carboxylic acids is 4. The molecule has 4 aliphatic carbocycles. The van der Waals surface area contributed by atoms with E-state index in [1.54, 1.807) is 48.5 Å². The molecule has 1 saturated heterocycles. The summed E-state index contributed by atoms with van der Waals surface area (Å²) >= 11 is 0. The lowest BCUT2D eigenvalue weighted by Crippen LogP contribution is -2.40. The highest BCUT2D eigenvalue weighted by Gasteiger charge is 2.67. The molecular weight excluding hydrogens is 434 g/mol. The molecule has 2 saturated carbocycles. The van der Waals surface area contributed by atoms with Crippen molar-refractivity contribution in [2.24, 2.45) is 35.5 Å². The molecule has 1 aliphatic heterocycles. The van der Waals surface area contributed by atoms with Crippen molar-refractivity contribution in [3.8, 4) is 11.5 Å². The number of allylic oxidation sites excluding steroid dienone is 2. The third kappa shape index (κ3) is 3.26. The van der Waals surface area contributed by atoms with Crippen LogP contribution in [0.2, 0.25) is 0 Å². The molecule has 34 heavy (non-hydrogen) atoms. The second kappa shape index (κ2) is 7.65. The zero-order chi connectivity index (χ0) is 23.6. The van der Waals surface area contributed by atoms with Crippen LogP contribution < -0.4 is 14.4 Å². The first-order chi connectivity index (χ1) is 16.4. The molecule has 2 amide bonds. The van der Waals surface area contributed by atoms with E-state index in [1.807, 2.05) is 0 Å². The minimum atomic E-state index is -0.428. The Morgan fingerprint density at radius 2 is 1.41 bits per heavy atom. The average Bonchev–Trinajstić information content (AvgIpc) is 3.61. The van der Waals surface area contributed by atoms with Crippen LogP contribution >= 0.6 is 0 Å². The molecule has 7 rings (SSSR count). The molecule has 0 radical (unpaired) electrons. The van der Waals surface area contributed by atoms with Crippen LogP contribution in [0.25, 0.3) is 0 Å². The van der Waals surface area contributed by atoms with Gasteiger partial charge in [0.1, 0.15) is 11.5 Å². The van der Waals surface area contributed by atoms with Crippen LogP contribution in [0.15, 0.2) is 60.7 Å². The average molecular weight is 457 g/mol. The van der Waals surface area contributed by atoms with Crippen molar-refractivity contribution in [3.63, 3.8) is 0 Å². The Kier molecular flexibility index (Phi) is 4.69. The molecule has 0 N–H and O–H groups in total.